The largest absolute Gasteiger partial charge is 0.381 e. The fraction of sp³-hybridized carbons (Fsp3) is 0.522. The maximum Gasteiger partial charge on any atom is 0.0924 e. The van der Waals surface area contributed by atoms with Crippen LogP contribution in [0.1, 0.15) is 56.0 Å². The molecule has 6 nitrogen and oxygen atoms in total. The molecule has 29 heavy (non-hydrogen) atoms. The van der Waals surface area contributed by atoms with Crippen molar-refractivity contribution >= 4 is 11.0 Å². The fourth-order valence-corrected chi connectivity index (χ4v) is 4.68. The second-order valence-corrected chi connectivity index (χ2v) is 8.52. The molecule has 0 unspecified atom stereocenters. The van der Waals surface area contributed by atoms with E-state index in [1.54, 1.807) is 0 Å². The number of benzene rings is 1. The minimum absolute atomic E-state index is 0.514. The van der Waals surface area contributed by atoms with Crippen LogP contribution in [0.5, 0.6) is 0 Å². The van der Waals surface area contributed by atoms with Gasteiger partial charge in [0.05, 0.1) is 35.2 Å². The van der Waals surface area contributed by atoms with Crippen molar-refractivity contribution in [3.05, 3.63) is 42.4 Å². The molecule has 0 radical (unpaired) electrons. The molecule has 1 saturated heterocycles. The summed E-state index contributed by atoms with van der Waals surface area (Å²) in [4.78, 5) is 9.55. The molecular formula is C23H29N5O. The first-order valence-corrected chi connectivity index (χ1v) is 10.9. The van der Waals surface area contributed by atoms with Gasteiger partial charge in [0.25, 0.3) is 0 Å². The molecule has 0 spiro atoms. The Hall–Kier alpha value is -2.31. The molecule has 152 valence electrons. The normalized spacial score (nSPS) is 22.7. The van der Waals surface area contributed by atoms with E-state index in [0.29, 0.717) is 12.0 Å². The maximum absolute atomic E-state index is 5.62. The summed E-state index contributed by atoms with van der Waals surface area (Å²) >= 11 is 0. The molecule has 1 saturated carbocycles. The summed E-state index contributed by atoms with van der Waals surface area (Å²) in [6, 6.07) is 7.01. The molecule has 3 heterocycles. The highest BCUT2D eigenvalue weighted by molar-refractivity contribution is 5.77. The lowest BCUT2D eigenvalue weighted by Crippen LogP contribution is -2.27. The van der Waals surface area contributed by atoms with Crippen molar-refractivity contribution in [1.82, 2.24) is 19.7 Å². The molecule has 1 aromatic carbocycles. The monoisotopic (exact) mass is 391 g/mol. The van der Waals surface area contributed by atoms with Gasteiger partial charge in [0.2, 0.25) is 0 Å². The summed E-state index contributed by atoms with van der Waals surface area (Å²) in [7, 11) is 0. The average Bonchev–Trinajstić information content (AvgIpc) is 3.22. The number of ether oxygens (including phenoxy) is 1. The van der Waals surface area contributed by atoms with Gasteiger partial charge in [0.1, 0.15) is 0 Å². The average molecular weight is 392 g/mol. The van der Waals surface area contributed by atoms with E-state index in [9.17, 15) is 0 Å². The van der Waals surface area contributed by atoms with Crippen LogP contribution in [-0.4, -0.2) is 39.5 Å². The molecular weight excluding hydrogens is 362 g/mol. The van der Waals surface area contributed by atoms with Crippen molar-refractivity contribution in [2.45, 2.75) is 50.5 Å². The Morgan fingerprint density at radius 3 is 2.79 bits per heavy atom. The lowest BCUT2D eigenvalue weighted by molar-refractivity contribution is 0.0853. The maximum atomic E-state index is 5.62. The van der Waals surface area contributed by atoms with Crippen LogP contribution < -0.4 is 5.73 Å². The van der Waals surface area contributed by atoms with Crippen LogP contribution in [0.4, 0.5) is 0 Å². The summed E-state index contributed by atoms with van der Waals surface area (Å²) in [5.74, 6) is 1.37. The van der Waals surface area contributed by atoms with E-state index >= 15 is 0 Å². The predicted molar refractivity (Wildman–Crippen MR) is 114 cm³/mol. The summed E-state index contributed by atoms with van der Waals surface area (Å²) < 4.78 is 7.61. The topological polar surface area (TPSA) is 78.9 Å². The highest BCUT2D eigenvalue weighted by Crippen LogP contribution is 2.40. The molecule has 2 aliphatic rings. The van der Waals surface area contributed by atoms with Gasteiger partial charge in [-0.15, -0.1) is 0 Å². The van der Waals surface area contributed by atoms with Gasteiger partial charge in [-0.3, -0.25) is 9.67 Å². The van der Waals surface area contributed by atoms with Gasteiger partial charge < -0.3 is 10.5 Å². The van der Waals surface area contributed by atoms with Crippen molar-refractivity contribution in [3.8, 4) is 11.3 Å². The zero-order valence-corrected chi connectivity index (χ0v) is 16.8. The van der Waals surface area contributed by atoms with Crippen molar-refractivity contribution in [2.24, 2.45) is 11.7 Å². The predicted octanol–water partition coefficient (Wildman–Crippen LogP) is 4.08. The van der Waals surface area contributed by atoms with E-state index in [1.165, 1.54) is 24.8 Å². The van der Waals surface area contributed by atoms with E-state index in [0.717, 1.165) is 67.2 Å². The smallest absolute Gasteiger partial charge is 0.0924 e. The van der Waals surface area contributed by atoms with E-state index in [1.807, 2.05) is 12.4 Å². The van der Waals surface area contributed by atoms with Crippen molar-refractivity contribution in [2.75, 3.05) is 19.8 Å². The lowest BCUT2D eigenvalue weighted by atomic mass is 9.77. The second kappa shape index (κ2) is 8.20. The molecule has 0 atom stereocenters. The molecule has 6 heteroatoms. The lowest BCUT2D eigenvalue weighted by Gasteiger charge is -2.35. The third kappa shape index (κ3) is 3.91. The molecule has 1 aliphatic heterocycles. The third-order valence-corrected chi connectivity index (χ3v) is 6.56. The highest BCUT2D eigenvalue weighted by atomic mass is 16.5. The van der Waals surface area contributed by atoms with Crippen molar-refractivity contribution < 1.29 is 4.74 Å². The Balaban J connectivity index is 1.33. The summed E-state index contributed by atoms with van der Waals surface area (Å²) in [6.07, 6.45) is 12.9. The Bertz CT molecular complexity index is 972. The van der Waals surface area contributed by atoms with E-state index < -0.39 is 0 Å². The molecule has 2 N–H and O–H groups in total. The zero-order chi connectivity index (χ0) is 19.6. The first-order valence-electron chi connectivity index (χ1n) is 10.9. The minimum atomic E-state index is 0.514. The van der Waals surface area contributed by atoms with Crippen molar-refractivity contribution in [3.63, 3.8) is 0 Å². The summed E-state index contributed by atoms with van der Waals surface area (Å²) in [5, 5.41) is 4.61. The van der Waals surface area contributed by atoms with Crippen LogP contribution in [-0.2, 0) is 4.74 Å². The van der Waals surface area contributed by atoms with Gasteiger partial charge in [-0.25, -0.2) is 4.98 Å². The molecule has 2 fully saturated rings. The van der Waals surface area contributed by atoms with Crippen LogP contribution in [0.3, 0.4) is 0 Å². The molecule has 1 aliphatic carbocycles. The Labute approximate surface area is 171 Å². The zero-order valence-electron chi connectivity index (χ0n) is 16.8. The van der Waals surface area contributed by atoms with Gasteiger partial charge in [0.15, 0.2) is 0 Å². The SMILES string of the molecule is NCCCC1CC(n2cc(-c3cnc4ccc(C5CCOCC5)cc4n3)cn2)C1. The number of rotatable bonds is 6. The number of nitrogens with two attached hydrogens (primary N) is 1. The van der Waals surface area contributed by atoms with Crippen molar-refractivity contribution in [1.29, 1.82) is 0 Å². The quantitative estimate of drug-likeness (QED) is 0.685. The molecule has 5 rings (SSSR count). The Morgan fingerprint density at radius 1 is 1.10 bits per heavy atom. The summed E-state index contributed by atoms with van der Waals surface area (Å²) in [6.45, 7) is 2.49. The van der Waals surface area contributed by atoms with Crippen LogP contribution in [0.15, 0.2) is 36.8 Å². The summed E-state index contributed by atoms with van der Waals surface area (Å²) in [5.41, 5.74) is 10.8. The number of aromatic nitrogens is 4. The number of fused-ring (bicyclic) bond motifs is 1. The Morgan fingerprint density at radius 2 is 1.97 bits per heavy atom. The van der Waals surface area contributed by atoms with Crippen LogP contribution in [0.2, 0.25) is 0 Å². The Kier molecular flexibility index (Phi) is 5.29. The second-order valence-electron chi connectivity index (χ2n) is 8.52. The van der Waals surface area contributed by atoms with Crippen LogP contribution >= 0.6 is 0 Å². The van der Waals surface area contributed by atoms with Gasteiger partial charge in [-0.05, 0) is 74.6 Å². The first-order chi connectivity index (χ1) is 14.3. The third-order valence-electron chi connectivity index (χ3n) is 6.56. The molecule has 3 aromatic rings. The van der Waals surface area contributed by atoms with Gasteiger partial charge >= 0.3 is 0 Å². The van der Waals surface area contributed by atoms with Gasteiger partial charge in [-0.1, -0.05) is 6.07 Å². The first kappa shape index (κ1) is 18.7. The molecule has 0 bridgehead atoms. The number of nitrogens with zero attached hydrogens (tertiary/aromatic N) is 4. The van der Waals surface area contributed by atoms with Gasteiger partial charge in [0, 0.05) is 25.0 Å². The fourth-order valence-electron chi connectivity index (χ4n) is 4.68. The number of hydrogen-bond donors (Lipinski definition) is 1. The highest BCUT2D eigenvalue weighted by Gasteiger charge is 2.30. The van der Waals surface area contributed by atoms with E-state index in [2.05, 4.69) is 39.2 Å². The van der Waals surface area contributed by atoms with E-state index in [4.69, 9.17) is 15.5 Å². The minimum Gasteiger partial charge on any atom is -0.381 e. The van der Waals surface area contributed by atoms with Crippen LogP contribution in [0.25, 0.3) is 22.3 Å². The molecule has 2 aromatic heterocycles. The standard InChI is InChI=1S/C23H29N5O/c24-7-1-2-16-10-20(11-16)28-15-19(13-26-28)23-14-25-21-4-3-18(12-22(21)27-23)17-5-8-29-9-6-17/h3-4,12-17,20H,1-2,5-11,24H2. The van der Waals surface area contributed by atoms with Gasteiger partial charge in [-0.2, -0.15) is 5.10 Å². The van der Waals surface area contributed by atoms with Crippen LogP contribution in [0, 0.1) is 5.92 Å². The van der Waals surface area contributed by atoms with E-state index in [-0.39, 0.29) is 0 Å². The number of hydrogen-bond acceptors (Lipinski definition) is 5. The molecule has 0 amide bonds.